The lowest BCUT2D eigenvalue weighted by atomic mass is 10.1. The molecule has 1 aromatic carbocycles. The van der Waals surface area contributed by atoms with Crippen molar-refractivity contribution in [3.63, 3.8) is 0 Å². The summed E-state index contributed by atoms with van der Waals surface area (Å²) in [6.07, 6.45) is 3.18. The molecule has 3 heterocycles. The van der Waals surface area contributed by atoms with E-state index in [4.69, 9.17) is 4.52 Å². The summed E-state index contributed by atoms with van der Waals surface area (Å²) in [6, 6.07) is 11.7. The lowest BCUT2D eigenvalue weighted by Crippen LogP contribution is -1.98. The van der Waals surface area contributed by atoms with Gasteiger partial charge in [-0.2, -0.15) is 0 Å². The van der Waals surface area contributed by atoms with Crippen molar-refractivity contribution in [3.8, 4) is 11.1 Å². The van der Waals surface area contributed by atoms with E-state index in [2.05, 4.69) is 10.1 Å². The zero-order valence-corrected chi connectivity index (χ0v) is 14.3. The summed E-state index contributed by atoms with van der Waals surface area (Å²) in [5.41, 5.74) is 4.60. The molecule has 0 fully saturated rings. The van der Waals surface area contributed by atoms with Gasteiger partial charge in [-0.1, -0.05) is 35.5 Å². The molecule has 130 valence electrons. The lowest BCUT2D eigenvalue weighted by Gasteiger charge is -2.06. The molecule has 0 spiro atoms. The Morgan fingerprint density at radius 3 is 2.65 bits per heavy atom. The summed E-state index contributed by atoms with van der Waals surface area (Å²) in [6.45, 7) is 4.23. The van der Waals surface area contributed by atoms with Crippen molar-refractivity contribution in [2.24, 2.45) is 0 Å². The Bertz CT molecular complexity index is 1090. The van der Waals surface area contributed by atoms with Gasteiger partial charge in [0, 0.05) is 23.9 Å². The van der Waals surface area contributed by atoms with Crippen LogP contribution in [0.1, 0.15) is 17.0 Å². The zero-order valence-electron chi connectivity index (χ0n) is 14.3. The second kappa shape index (κ2) is 6.11. The molecule has 0 aliphatic rings. The average Bonchev–Trinajstić information content (AvgIpc) is 3.16. The van der Waals surface area contributed by atoms with Gasteiger partial charge in [0.05, 0.1) is 22.3 Å². The molecule has 0 radical (unpaired) electrons. The Labute approximate surface area is 149 Å². The van der Waals surface area contributed by atoms with Gasteiger partial charge < -0.3 is 9.09 Å². The van der Waals surface area contributed by atoms with Crippen LogP contribution in [0.15, 0.2) is 53.3 Å². The summed E-state index contributed by atoms with van der Waals surface area (Å²) < 4.78 is 7.10. The highest BCUT2D eigenvalue weighted by Gasteiger charge is 2.21. The summed E-state index contributed by atoms with van der Waals surface area (Å²) in [7, 11) is 0. The van der Waals surface area contributed by atoms with Crippen LogP contribution in [0, 0.1) is 24.0 Å². The Balaban J connectivity index is 1.90. The van der Waals surface area contributed by atoms with Crippen molar-refractivity contribution in [2.75, 3.05) is 0 Å². The number of benzene rings is 1. The summed E-state index contributed by atoms with van der Waals surface area (Å²) in [5, 5.41) is 15.4. The maximum Gasteiger partial charge on any atom is 0.312 e. The molecule has 4 rings (SSSR count). The predicted octanol–water partition coefficient (Wildman–Crippen LogP) is 4.26. The Hall–Kier alpha value is -3.48. The number of aryl methyl sites for hydroxylation is 2. The van der Waals surface area contributed by atoms with Gasteiger partial charge in [0.15, 0.2) is 5.52 Å². The van der Waals surface area contributed by atoms with Crippen LogP contribution in [0.3, 0.4) is 0 Å². The number of aromatic nitrogens is 3. The molecule has 0 saturated carbocycles. The predicted molar refractivity (Wildman–Crippen MR) is 96.9 cm³/mol. The molecule has 0 unspecified atom stereocenters. The first-order chi connectivity index (χ1) is 12.5. The van der Waals surface area contributed by atoms with E-state index >= 15 is 0 Å². The van der Waals surface area contributed by atoms with E-state index in [9.17, 15) is 10.1 Å². The highest BCUT2D eigenvalue weighted by atomic mass is 16.6. The zero-order chi connectivity index (χ0) is 18.3. The monoisotopic (exact) mass is 348 g/mol. The Morgan fingerprint density at radius 1 is 1.23 bits per heavy atom. The lowest BCUT2D eigenvalue weighted by molar-refractivity contribution is -0.383. The first-order valence-electron chi connectivity index (χ1n) is 8.15. The summed E-state index contributed by atoms with van der Waals surface area (Å²) in [4.78, 5) is 15.4. The second-order valence-corrected chi connectivity index (χ2v) is 6.18. The molecule has 3 aromatic heterocycles. The minimum atomic E-state index is -0.396. The molecule has 4 aromatic rings. The Morgan fingerprint density at radius 2 is 2.00 bits per heavy atom. The molecule has 0 aliphatic heterocycles. The normalized spacial score (nSPS) is 11.2. The van der Waals surface area contributed by atoms with Gasteiger partial charge in [0.2, 0.25) is 0 Å². The van der Waals surface area contributed by atoms with E-state index in [1.807, 2.05) is 54.8 Å². The van der Waals surface area contributed by atoms with Crippen LogP contribution >= 0.6 is 0 Å². The molecule has 0 aliphatic carbocycles. The van der Waals surface area contributed by atoms with E-state index < -0.39 is 4.92 Å². The second-order valence-electron chi connectivity index (χ2n) is 6.18. The molecular formula is C19H16N4O3. The van der Waals surface area contributed by atoms with Crippen LogP contribution in [0.2, 0.25) is 0 Å². The third-order valence-corrected chi connectivity index (χ3v) is 4.41. The minimum absolute atomic E-state index is 0.00115. The number of pyridine rings is 1. The van der Waals surface area contributed by atoms with Crippen LogP contribution < -0.4 is 0 Å². The van der Waals surface area contributed by atoms with E-state index in [1.165, 1.54) is 0 Å². The SMILES string of the molecule is Cc1noc(C)c1-c1cnc2c([N+](=O)[O-])cn(Cc3ccccc3)c2c1. The molecule has 7 heteroatoms. The highest BCUT2D eigenvalue weighted by molar-refractivity contribution is 5.89. The average molecular weight is 348 g/mol. The molecule has 0 N–H and O–H groups in total. The van der Waals surface area contributed by atoms with Crippen LogP contribution in [-0.4, -0.2) is 19.6 Å². The van der Waals surface area contributed by atoms with E-state index in [0.717, 1.165) is 22.4 Å². The number of nitro groups is 1. The first-order valence-corrected chi connectivity index (χ1v) is 8.15. The van der Waals surface area contributed by atoms with E-state index in [0.29, 0.717) is 23.3 Å². The Kier molecular flexibility index (Phi) is 3.76. The smallest absolute Gasteiger partial charge is 0.312 e. The van der Waals surface area contributed by atoms with Gasteiger partial charge in [-0.3, -0.25) is 10.1 Å². The maximum absolute atomic E-state index is 11.4. The van der Waals surface area contributed by atoms with Gasteiger partial charge in [0.1, 0.15) is 5.76 Å². The van der Waals surface area contributed by atoms with Crippen molar-refractivity contribution in [1.82, 2.24) is 14.7 Å². The van der Waals surface area contributed by atoms with Crippen LogP contribution in [0.5, 0.6) is 0 Å². The number of rotatable bonds is 4. The van der Waals surface area contributed by atoms with Gasteiger partial charge in [-0.15, -0.1) is 0 Å². The standard InChI is InChI=1S/C19H16N4O3/c1-12-18(13(2)26-21-12)15-8-16-19(20-9-15)17(23(24)25)11-22(16)10-14-6-4-3-5-7-14/h3-9,11H,10H2,1-2H3. The van der Waals surface area contributed by atoms with Crippen molar-refractivity contribution in [3.05, 3.63) is 75.9 Å². The molecule has 0 saturated heterocycles. The van der Waals surface area contributed by atoms with E-state index in [-0.39, 0.29) is 5.69 Å². The summed E-state index contributed by atoms with van der Waals surface area (Å²) in [5.74, 6) is 0.694. The topological polar surface area (TPSA) is 87.0 Å². The third-order valence-electron chi connectivity index (χ3n) is 4.41. The number of hydrogen-bond acceptors (Lipinski definition) is 5. The number of nitrogens with zero attached hydrogens (tertiary/aromatic N) is 4. The van der Waals surface area contributed by atoms with Crippen LogP contribution in [-0.2, 0) is 6.54 Å². The number of fused-ring (bicyclic) bond motifs is 1. The van der Waals surface area contributed by atoms with Crippen molar-refractivity contribution < 1.29 is 9.45 Å². The van der Waals surface area contributed by atoms with Gasteiger partial charge in [-0.25, -0.2) is 4.98 Å². The molecule has 7 nitrogen and oxygen atoms in total. The fourth-order valence-corrected chi connectivity index (χ4v) is 3.22. The number of hydrogen-bond donors (Lipinski definition) is 0. The fraction of sp³-hybridized carbons (Fsp3) is 0.158. The van der Waals surface area contributed by atoms with Crippen molar-refractivity contribution in [1.29, 1.82) is 0 Å². The largest absolute Gasteiger partial charge is 0.361 e. The van der Waals surface area contributed by atoms with Gasteiger partial charge in [0.25, 0.3) is 0 Å². The molecule has 0 atom stereocenters. The third kappa shape index (κ3) is 2.63. The quantitative estimate of drug-likeness (QED) is 0.406. The van der Waals surface area contributed by atoms with E-state index in [1.54, 1.807) is 12.4 Å². The van der Waals surface area contributed by atoms with Crippen molar-refractivity contribution in [2.45, 2.75) is 20.4 Å². The van der Waals surface area contributed by atoms with Crippen LogP contribution in [0.4, 0.5) is 5.69 Å². The van der Waals surface area contributed by atoms with Gasteiger partial charge in [-0.05, 0) is 25.5 Å². The molecule has 26 heavy (non-hydrogen) atoms. The van der Waals surface area contributed by atoms with Crippen LogP contribution in [0.25, 0.3) is 22.2 Å². The fourth-order valence-electron chi connectivity index (χ4n) is 3.22. The molecule has 0 amide bonds. The molecule has 0 bridgehead atoms. The highest BCUT2D eigenvalue weighted by Crippen LogP contribution is 2.32. The van der Waals surface area contributed by atoms with Gasteiger partial charge >= 0.3 is 5.69 Å². The maximum atomic E-state index is 11.4. The first kappa shape index (κ1) is 16.0. The summed E-state index contributed by atoms with van der Waals surface area (Å²) >= 11 is 0. The minimum Gasteiger partial charge on any atom is -0.361 e. The molecular weight excluding hydrogens is 332 g/mol. The van der Waals surface area contributed by atoms with Crippen molar-refractivity contribution >= 4 is 16.7 Å².